The normalized spacial score (nSPS) is 14.9. The largest absolute Gasteiger partial charge is 0.351 e. The molecular weight excluding hydrogens is 314 g/mol. The number of benzene rings is 1. The number of amides is 1. The molecule has 1 amide bonds. The van der Waals surface area contributed by atoms with Gasteiger partial charge in [0.25, 0.3) is 0 Å². The molecule has 1 aliphatic rings. The fourth-order valence-electron chi connectivity index (χ4n) is 3.14. The average Bonchev–Trinajstić information content (AvgIpc) is 2.68. The fourth-order valence-corrected chi connectivity index (χ4v) is 3.14. The lowest BCUT2D eigenvalue weighted by Gasteiger charge is -2.39. The molecule has 1 saturated heterocycles. The summed E-state index contributed by atoms with van der Waals surface area (Å²) in [4.78, 5) is 25.3. The quantitative estimate of drug-likeness (QED) is 0.857. The lowest BCUT2D eigenvalue weighted by atomic mass is 9.83. The monoisotopic (exact) mass is 335 g/mol. The van der Waals surface area contributed by atoms with Crippen LogP contribution in [0.3, 0.4) is 0 Å². The third kappa shape index (κ3) is 3.31. The Balaban J connectivity index is 1.70. The second-order valence-corrected chi connectivity index (χ2v) is 6.61. The molecule has 3 rings (SSSR count). The van der Waals surface area contributed by atoms with Gasteiger partial charge in [0.15, 0.2) is 11.5 Å². The maximum Gasteiger partial charge on any atom is 0.232 e. The molecule has 25 heavy (non-hydrogen) atoms. The molecule has 0 unspecified atom stereocenters. The van der Waals surface area contributed by atoms with E-state index in [0.29, 0.717) is 37.7 Å². The first-order valence-corrected chi connectivity index (χ1v) is 8.35. The van der Waals surface area contributed by atoms with Crippen LogP contribution < -0.4 is 4.90 Å². The van der Waals surface area contributed by atoms with E-state index in [-0.39, 0.29) is 5.91 Å². The third-order valence-electron chi connectivity index (χ3n) is 4.68. The summed E-state index contributed by atoms with van der Waals surface area (Å²) < 4.78 is 0. The zero-order valence-corrected chi connectivity index (χ0v) is 14.5. The summed E-state index contributed by atoms with van der Waals surface area (Å²) in [5.41, 5.74) is 0.781. The standard InChI is InChI=1S/C19H21N5O/c1-19(2,15-6-4-3-5-7-15)18(25)24-12-10-23(11-13-24)17-16(14-20)21-8-9-22-17/h3-9H,10-13H2,1-2H3. The summed E-state index contributed by atoms with van der Waals surface area (Å²) in [7, 11) is 0. The molecule has 6 nitrogen and oxygen atoms in total. The topological polar surface area (TPSA) is 73.1 Å². The molecule has 0 saturated carbocycles. The highest BCUT2D eigenvalue weighted by Gasteiger charge is 2.35. The summed E-state index contributed by atoms with van der Waals surface area (Å²) in [6.45, 7) is 6.43. The summed E-state index contributed by atoms with van der Waals surface area (Å²) in [6, 6.07) is 11.9. The maximum absolute atomic E-state index is 13.0. The number of aromatic nitrogens is 2. The first kappa shape index (κ1) is 16.9. The van der Waals surface area contributed by atoms with E-state index in [0.717, 1.165) is 5.56 Å². The zero-order valence-electron chi connectivity index (χ0n) is 14.5. The maximum atomic E-state index is 13.0. The highest BCUT2D eigenvalue weighted by molar-refractivity contribution is 5.87. The van der Waals surface area contributed by atoms with Crippen LogP contribution >= 0.6 is 0 Å². The van der Waals surface area contributed by atoms with Crippen molar-refractivity contribution in [1.82, 2.24) is 14.9 Å². The molecule has 128 valence electrons. The van der Waals surface area contributed by atoms with Gasteiger partial charge in [-0.2, -0.15) is 5.26 Å². The predicted octanol–water partition coefficient (Wildman–Crippen LogP) is 1.97. The van der Waals surface area contributed by atoms with Gasteiger partial charge in [0.05, 0.1) is 5.41 Å². The minimum atomic E-state index is -0.562. The van der Waals surface area contributed by atoms with E-state index in [4.69, 9.17) is 0 Å². The van der Waals surface area contributed by atoms with Crippen molar-refractivity contribution in [2.75, 3.05) is 31.1 Å². The Labute approximate surface area is 147 Å². The molecular formula is C19H21N5O. The van der Waals surface area contributed by atoms with Gasteiger partial charge in [-0.25, -0.2) is 9.97 Å². The van der Waals surface area contributed by atoms with Crippen LogP contribution in [0.4, 0.5) is 5.82 Å². The van der Waals surface area contributed by atoms with Crippen molar-refractivity contribution in [3.8, 4) is 6.07 Å². The predicted molar refractivity (Wildman–Crippen MR) is 95.0 cm³/mol. The number of hydrogen-bond donors (Lipinski definition) is 0. The molecule has 0 radical (unpaired) electrons. The van der Waals surface area contributed by atoms with Crippen molar-refractivity contribution < 1.29 is 4.79 Å². The first-order valence-electron chi connectivity index (χ1n) is 8.35. The van der Waals surface area contributed by atoms with E-state index in [2.05, 4.69) is 16.0 Å². The van der Waals surface area contributed by atoms with Gasteiger partial charge < -0.3 is 9.80 Å². The number of piperazine rings is 1. The van der Waals surface area contributed by atoms with Gasteiger partial charge >= 0.3 is 0 Å². The number of hydrogen-bond acceptors (Lipinski definition) is 5. The van der Waals surface area contributed by atoms with Crippen LogP contribution in [-0.2, 0) is 10.2 Å². The van der Waals surface area contributed by atoms with Crippen LogP contribution in [0.25, 0.3) is 0 Å². The zero-order chi connectivity index (χ0) is 17.9. The molecule has 0 atom stereocenters. The van der Waals surface area contributed by atoms with Crippen molar-refractivity contribution in [3.05, 3.63) is 54.0 Å². The van der Waals surface area contributed by atoms with Crippen molar-refractivity contribution in [2.45, 2.75) is 19.3 Å². The van der Waals surface area contributed by atoms with Crippen molar-refractivity contribution in [3.63, 3.8) is 0 Å². The second kappa shape index (κ2) is 6.89. The Morgan fingerprint density at radius 1 is 1.08 bits per heavy atom. The highest BCUT2D eigenvalue weighted by Crippen LogP contribution is 2.26. The second-order valence-electron chi connectivity index (χ2n) is 6.61. The van der Waals surface area contributed by atoms with Gasteiger partial charge in [-0.1, -0.05) is 30.3 Å². The van der Waals surface area contributed by atoms with E-state index in [1.165, 1.54) is 6.20 Å². The van der Waals surface area contributed by atoms with Gasteiger partial charge in [-0.3, -0.25) is 4.79 Å². The van der Waals surface area contributed by atoms with E-state index >= 15 is 0 Å². The Kier molecular flexibility index (Phi) is 4.66. The van der Waals surface area contributed by atoms with Crippen LogP contribution in [0.15, 0.2) is 42.7 Å². The molecule has 0 aliphatic carbocycles. The molecule has 0 bridgehead atoms. The molecule has 1 fully saturated rings. The van der Waals surface area contributed by atoms with E-state index in [1.54, 1.807) is 6.20 Å². The number of anilines is 1. The average molecular weight is 335 g/mol. The van der Waals surface area contributed by atoms with E-state index in [1.807, 2.05) is 54.0 Å². The highest BCUT2D eigenvalue weighted by atomic mass is 16.2. The van der Waals surface area contributed by atoms with Gasteiger partial charge in [-0.05, 0) is 19.4 Å². The number of nitriles is 1. The Bertz CT molecular complexity index is 789. The minimum Gasteiger partial charge on any atom is -0.351 e. The van der Waals surface area contributed by atoms with Crippen LogP contribution in [0, 0.1) is 11.3 Å². The molecule has 1 aromatic carbocycles. The van der Waals surface area contributed by atoms with E-state index < -0.39 is 5.41 Å². The molecule has 2 heterocycles. The van der Waals surface area contributed by atoms with E-state index in [9.17, 15) is 10.1 Å². The Morgan fingerprint density at radius 3 is 2.36 bits per heavy atom. The van der Waals surface area contributed by atoms with Crippen molar-refractivity contribution in [1.29, 1.82) is 5.26 Å². The number of nitrogens with zero attached hydrogens (tertiary/aromatic N) is 5. The SMILES string of the molecule is CC(C)(C(=O)N1CCN(c2nccnc2C#N)CC1)c1ccccc1. The van der Waals surface area contributed by atoms with Crippen LogP contribution in [0.2, 0.25) is 0 Å². The fraction of sp³-hybridized carbons (Fsp3) is 0.368. The van der Waals surface area contributed by atoms with Gasteiger partial charge in [-0.15, -0.1) is 0 Å². The molecule has 1 aliphatic heterocycles. The Morgan fingerprint density at radius 2 is 1.72 bits per heavy atom. The molecule has 1 aromatic heterocycles. The first-order chi connectivity index (χ1) is 12.0. The molecule has 2 aromatic rings. The number of carbonyl (C=O) groups excluding carboxylic acids is 1. The van der Waals surface area contributed by atoms with Gasteiger partial charge in [0, 0.05) is 38.6 Å². The molecule has 6 heteroatoms. The lowest BCUT2D eigenvalue weighted by molar-refractivity contribution is -0.136. The smallest absolute Gasteiger partial charge is 0.232 e. The number of carbonyl (C=O) groups is 1. The summed E-state index contributed by atoms with van der Waals surface area (Å²) in [6.07, 6.45) is 3.11. The van der Waals surface area contributed by atoms with Gasteiger partial charge in [0.2, 0.25) is 5.91 Å². The summed E-state index contributed by atoms with van der Waals surface area (Å²) in [5, 5.41) is 9.18. The van der Waals surface area contributed by atoms with Crippen LogP contribution in [-0.4, -0.2) is 47.0 Å². The van der Waals surface area contributed by atoms with Crippen LogP contribution in [0.5, 0.6) is 0 Å². The number of rotatable bonds is 3. The lowest BCUT2D eigenvalue weighted by Crippen LogP contribution is -2.53. The minimum absolute atomic E-state index is 0.123. The van der Waals surface area contributed by atoms with Crippen LogP contribution in [0.1, 0.15) is 25.1 Å². The summed E-state index contributed by atoms with van der Waals surface area (Å²) in [5.74, 6) is 0.720. The van der Waals surface area contributed by atoms with Crippen molar-refractivity contribution >= 4 is 11.7 Å². The molecule has 0 N–H and O–H groups in total. The summed E-state index contributed by atoms with van der Waals surface area (Å²) >= 11 is 0. The third-order valence-corrected chi connectivity index (χ3v) is 4.68. The molecule has 0 spiro atoms. The van der Waals surface area contributed by atoms with Gasteiger partial charge in [0.1, 0.15) is 6.07 Å². The Hall–Kier alpha value is -2.94. The van der Waals surface area contributed by atoms with Crippen molar-refractivity contribution in [2.24, 2.45) is 0 Å².